The van der Waals surface area contributed by atoms with Gasteiger partial charge in [0.25, 0.3) is 0 Å². The zero-order valence-corrected chi connectivity index (χ0v) is 8.35. The summed E-state index contributed by atoms with van der Waals surface area (Å²) in [5.74, 6) is -3.26. The van der Waals surface area contributed by atoms with E-state index in [1.165, 1.54) is 0 Å². The van der Waals surface area contributed by atoms with Gasteiger partial charge in [0, 0.05) is 6.07 Å². The molecule has 1 N–H and O–H groups in total. The molecule has 0 aliphatic rings. The summed E-state index contributed by atoms with van der Waals surface area (Å²) < 4.78 is 30.2. The molecule has 1 rings (SSSR count). The van der Waals surface area contributed by atoms with Crippen LogP contribution in [0.25, 0.3) is 0 Å². The van der Waals surface area contributed by atoms with Gasteiger partial charge >= 0.3 is 5.97 Å². The van der Waals surface area contributed by atoms with E-state index in [1.807, 2.05) is 0 Å². The fourth-order valence-electron chi connectivity index (χ4n) is 0.801. The number of hydrogen-bond acceptors (Lipinski definition) is 2. The first-order valence-electron chi connectivity index (χ1n) is 3.50. The third-order valence-corrected chi connectivity index (χ3v) is 1.89. The summed E-state index contributed by atoms with van der Waals surface area (Å²) in [6.45, 7) is -0.679. The topological polar surface area (TPSA) is 46.5 Å². The lowest BCUT2D eigenvalue weighted by Crippen LogP contribution is -2.10. The second-order valence-electron chi connectivity index (χ2n) is 2.38. The Morgan fingerprint density at radius 3 is 2.64 bits per heavy atom. The molecule has 14 heavy (non-hydrogen) atoms. The molecular formula is C8H5BrF2O3. The van der Waals surface area contributed by atoms with Crippen molar-refractivity contribution in [1.29, 1.82) is 0 Å². The van der Waals surface area contributed by atoms with Crippen LogP contribution in [0, 0.1) is 11.6 Å². The van der Waals surface area contributed by atoms with E-state index >= 15 is 0 Å². The molecule has 0 aromatic heterocycles. The minimum absolute atomic E-state index is 0.0382. The molecule has 0 unspecified atom stereocenters. The monoisotopic (exact) mass is 266 g/mol. The van der Waals surface area contributed by atoms with Gasteiger partial charge in [-0.1, -0.05) is 0 Å². The summed E-state index contributed by atoms with van der Waals surface area (Å²) in [4.78, 5) is 10.1. The number of aliphatic carboxylic acids is 1. The maximum Gasteiger partial charge on any atom is 0.341 e. The Kier molecular flexibility index (Phi) is 3.40. The van der Waals surface area contributed by atoms with E-state index in [2.05, 4.69) is 20.7 Å². The van der Waals surface area contributed by atoms with Gasteiger partial charge in [-0.05, 0) is 22.0 Å². The third kappa shape index (κ3) is 2.66. The van der Waals surface area contributed by atoms with Gasteiger partial charge in [0.1, 0.15) is 5.82 Å². The van der Waals surface area contributed by atoms with Crippen molar-refractivity contribution >= 4 is 21.9 Å². The average Bonchev–Trinajstić information content (AvgIpc) is 2.01. The minimum Gasteiger partial charge on any atom is -0.479 e. The number of benzene rings is 1. The third-order valence-electron chi connectivity index (χ3n) is 1.30. The number of carboxylic acids is 1. The lowest BCUT2D eigenvalue weighted by Gasteiger charge is -2.06. The van der Waals surface area contributed by atoms with Crippen LogP contribution in [-0.2, 0) is 4.79 Å². The smallest absolute Gasteiger partial charge is 0.341 e. The predicted molar refractivity (Wildman–Crippen MR) is 47.2 cm³/mol. The Labute approximate surface area is 86.4 Å². The lowest BCUT2D eigenvalue weighted by molar-refractivity contribution is -0.139. The number of halogens is 3. The largest absolute Gasteiger partial charge is 0.479 e. The van der Waals surface area contributed by atoms with Gasteiger partial charge < -0.3 is 9.84 Å². The molecule has 0 bridgehead atoms. The standard InChI is InChI=1S/C8H5BrF2O3/c9-5-1-4(10)2-6(11)8(5)14-3-7(12)13/h1-2H,3H2,(H,12,13). The number of carbonyl (C=O) groups is 1. The van der Waals surface area contributed by atoms with Crippen molar-refractivity contribution in [1.82, 2.24) is 0 Å². The van der Waals surface area contributed by atoms with Gasteiger partial charge in [-0.15, -0.1) is 0 Å². The van der Waals surface area contributed by atoms with E-state index in [4.69, 9.17) is 5.11 Å². The predicted octanol–water partition coefficient (Wildman–Crippen LogP) is 2.19. The van der Waals surface area contributed by atoms with Crippen molar-refractivity contribution in [2.24, 2.45) is 0 Å². The quantitative estimate of drug-likeness (QED) is 0.913. The SMILES string of the molecule is O=C(O)COc1c(F)cc(F)cc1Br. The van der Waals surface area contributed by atoms with Gasteiger partial charge in [-0.25, -0.2) is 13.6 Å². The van der Waals surface area contributed by atoms with Crippen LogP contribution in [0.1, 0.15) is 0 Å². The van der Waals surface area contributed by atoms with E-state index in [-0.39, 0.29) is 10.2 Å². The number of hydrogen-bond donors (Lipinski definition) is 1. The second kappa shape index (κ2) is 4.36. The zero-order chi connectivity index (χ0) is 10.7. The molecule has 0 amide bonds. The normalized spacial score (nSPS) is 9.93. The van der Waals surface area contributed by atoms with Gasteiger partial charge in [0.15, 0.2) is 18.2 Å². The fraction of sp³-hybridized carbons (Fsp3) is 0.125. The molecular weight excluding hydrogens is 262 g/mol. The van der Waals surface area contributed by atoms with Crippen molar-refractivity contribution in [2.75, 3.05) is 6.61 Å². The average molecular weight is 267 g/mol. The summed E-state index contributed by atoms with van der Waals surface area (Å²) in [5, 5.41) is 8.27. The molecule has 0 spiro atoms. The summed E-state index contributed by atoms with van der Waals surface area (Å²) >= 11 is 2.85. The molecule has 0 heterocycles. The van der Waals surface area contributed by atoms with Crippen LogP contribution in [0.4, 0.5) is 8.78 Å². The van der Waals surface area contributed by atoms with Gasteiger partial charge in [-0.3, -0.25) is 0 Å². The lowest BCUT2D eigenvalue weighted by atomic mass is 10.3. The Hall–Kier alpha value is -1.17. The highest BCUT2D eigenvalue weighted by molar-refractivity contribution is 9.10. The molecule has 0 saturated heterocycles. The van der Waals surface area contributed by atoms with Gasteiger partial charge in [-0.2, -0.15) is 0 Å². The summed E-state index contributed by atoms with van der Waals surface area (Å²) in [5.41, 5.74) is 0. The van der Waals surface area contributed by atoms with Gasteiger partial charge in [0.2, 0.25) is 0 Å². The summed E-state index contributed by atoms with van der Waals surface area (Å²) in [6.07, 6.45) is 0. The number of carboxylic acid groups (broad SMARTS) is 1. The van der Waals surface area contributed by atoms with Crippen LogP contribution in [0.3, 0.4) is 0 Å². The van der Waals surface area contributed by atoms with E-state index in [1.54, 1.807) is 0 Å². The first-order chi connectivity index (χ1) is 6.50. The van der Waals surface area contributed by atoms with Crippen molar-refractivity contribution in [3.63, 3.8) is 0 Å². The molecule has 0 fully saturated rings. The van der Waals surface area contributed by atoms with Crippen molar-refractivity contribution in [2.45, 2.75) is 0 Å². The molecule has 0 atom stereocenters. The first kappa shape index (κ1) is 10.9. The van der Waals surface area contributed by atoms with Crippen LogP contribution in [0.2, 0.25) is 0 Å². The molecule has 3 nitrogen and oxygen atoms in total. The highest BCUT2D eigenvalue weighted by Crippen LogP contribution is 2.28. The van der Waals surface area contributed by atoms with Crippen LogP contribution in [0.15, 0.2) is 16.6 Å². The minimum atomic E-state index is -1.24. The highest BCUT2D eigenvalue weighted by Gasteiger charge is 2.12. The first-order valence-corrected chi connectivity index (χ1v) is 4.29. The Bertz CT molecular complexity index is 345. The Balaban J connectivity index is 2.91. The molecule has 76 valence electrons. The number of ether oxygens (including phenoxy) is 1. The highest BCUT2D eigenvalue weighted by atomic mass is 79.9. The van der Waals surface area contributed by atoms with E-state index in [0.29, 0.717) is 6.07 Å². The van der Waals surface area contributed by atoms with Crippen LogP contribution >= 0.6 is 15.9 Å². The molecule has 1 aromatic carbocycles. The molecule has 0 saturated carbocycles. The second-order valence-corrected chi connectivity index (χ2v) is 3.24. The van der Waals surface area contributed by atoms with Crippen LogP contribution in [0.5, 0.6) is 5.75 Å². The molecule has 1 aromatic rings. The molecule has 6 heteroatoms. The van der Waals surface area contributed by atoms with Crippen molar-refractivity contribution in [3.8, 4) is 5.75 Å². The van der Waals surface area contributed by atoms with E-state index < -0.39 is 24.2 Å². The van der Waals surface area contributed by atoms with E-state index in [9.17, 15) is 13.6 Å². The van der Waals surface area contributed by atoms with Crippen LogP contribution < -0.4 is 4.74 Å². The molecule has 0 radical (unpaired) electrons. The summed E-state index contributed by atoms with van der Waals surface area (Å²) in [6, 6.07) is 1.60. The Morgan fingerprint density at radius 1 is 1.50 bits per heavy atom. The fourth-order valence-corrected chi connectivity index (χ4v) is 1.32. The summed E-state index contributed by atoms with van der Waals surface area (Å²) in [7, 11) is 0. The van der Waals surface area contributed by atoms with Gasteiger partial charge in [0.05, 0.1) is 4.47 Å². The van der Waals surface area contributed by atoms with E-state index in [0.717, 1.165) is 6.07 Å². The van der Waals surface area contributed by atoms with Crippen LogP contribution in [-0.4, -0.2) is 17.7 Å². The maximum absolute atomic E-state index is 13.0. The maximum atomic E-state index is 13.0. The van der Waals surface area contributed by atoms with Crippen molar-refractivity contribution in [3.05, 3.63) is 28.2 Å². The molecule has 0 aliphatic carbocycles. The number of rotatable bonds is 3. The molecule has 0 aliphatic heterocycles. The van der Waals surface area contributed by atoms with Crippen molar-refractivity contribution < 1.29 is 23.4 Å². The Morgan fingerprint density at radius 2 is 2.14 bits per heavy atom. The zero-order valence-electron chi connectivity index (χ0n) is 6.76.